The van der Waals surface area contributed by atoms with Crippen molar-refractivity contribution < 1.29 is 9.66 Å². The predicted octanol–water partition coefficient (Wildman–Crippen LogP) is 2.69. The molecule has 1 aliphatic heterocycles. The maximum Gasteiger partial charge on any atom is 0.293 e. The zero-order chi connectivity index (χ0) is 14.5. The van der Waals surface area contributed by atoms with Crippen molar-refractivity contribution in [3.05, 3.63) is 33.9 Å². The molecule has 1 N–H and O–H groups in total. The number of nitro groups is 1. The Bertz CT molecular complexity index is 539. The van der Waals surface area contributed by atoms with E-state index in [1.54, 1.807) is 12.1 Å². The molecule has 0 spiro atoms. The summed E-state index contributed by atoms with van der Waals surface area (Å²) in [5, 5.41) is 23.0. The fourth-order valence-corrected chi connectivity index (χ4v) is 2.52. The maximum absolute atomic E-state index is 11.0. The summed E-state index contributed by atoms with van der Waals surface area (Å²) in [6.07, 6.45) is 2.14. The van der Waals surface area contributed by atoms with E-state index in [4.69, 9.17) is 10.00 Å². The smallest absolute Gasteiger partial charge is 0.293 e. The quantitative estimate of drug-likeness (QED) is 0.659. The van der Waals surface area contributed by atoms with Crippen LogP contribution in [0.15, 0.2) is 18.2 Å². The molecule has 106 valence electrons. The van der Waals surface area contributed by atoms with Gasteiger partial charge in [0.25, 0.3) is 5.69 Å². The Labute approximate surface area is 117 Å². The van der Waals surface area contributed by atoms with E-state index in [-0.39, 0.29) is 17.4 Å². The number of anilines is 1. The Kier molecular flexibility index (Phi) is 4.53. The topological polar surface area (TPSA) is 88.2 Å². The zero-order valence-electron chi connectivity index (χ0n) is 11.3. The van der Waals surface area contributed by atoms with Crippen LogP contribution in [0, 0.1) is 27.4 Å². The third kappa shape index (κ3) is 3.06. The molecule has 6 nitrogen and oxygen atoms in total. The van der Waals surface area contributed by atoms with Gasteiger partial charge in [0.15, 0.2) is 0 Å². The van der Waals surface area contributed by atoms with Gasteiger partial charge < -0.3 is 10.1 Å². The average Bonchev–Trinajstić information content (AvgIpc) is 2.92. The van der Waals surface area contributed by atoms with Gasteiger partial charge in [-0.15, -0.1) is 0 Å². The highest BCUT2D eigenvalue weighted by molar-refractivity contribution is 5.64. The number of nitriles is 1. The van der Waals surface area contributed by atoms with Crippen molar-refractivity contribution in [2.75, 3.05) is 18.5 Å². The number of hydrogen-bond donors (Lipinski definition) is 1. The minimum absolute atomic E-state index is 0.0592. The maximum atomic E-state index is 11.0. The zero-order valence-corrected chi connectivity index (χ0v) is 11.3. The van der Waals surface area contributed by atoms with Crippen molar-refractivity contribution in [3.63, 3.8) is 0 Å². The Balaban J connectivity index is 2.09. The molecule has 2 rings (SSSR count). The lowest BCUT2D eigenvalue weighted by Gasteiger charge is -2.17. The van der Waals surface area contributed by atoms with Crippen LogP contribution in [0.5, 0.6) is 0 Å². The second kappa shape index (κ2) is 6.35. The monoisotopic (exact) mass is 275 g/mol. The summed E-state index contributed by atoms with van der Waals surface area (Å²) in [5.41, 5.74) is 0.685. The van der Waals surface area contributed by atoms with Crippen LogP contribution in [0.1, 0.15) is 25.3 Å². The lowest BCUT2D eigenvalue weighted by Crippen LogP contribution is -2.23. The molecule has 0 bridgehead atoms. The summed E-state index contributed by atoms with van der Waals surface area (Å²) in [5.74, 6) is 0.371. The van der Waals surface area contributed by atoms with Gasteiger partial charge in [-0.2, -0.15) is 5.26 Å². The highest BCUT2D eigenvalue weighted by Crippen LogP contribution is 2.28. The highest BCUT2D eigenvalue weighted by atomic mass is 16.6. The number of ether oxygens (including phenoxy) is 1. The summed E-state index contributed by atoms with van der Waals surface area (Å²) in [4.78, 5) is 10.6. The summed E-state index contributed by atoms with van der Waals surface area (Å²) in [6, 6.07) is 6.38. The second-order valence-corrected chi connectivity index (χ2v) is 4.85. The van der Waals surface area contributed by atoms with Crippen LogP contribution in [-0.4, -0.2) is 24.2 Å². The molecule has 1 aliphatic rings. The van der Waals surface area contributed by atoms with E-state index < -0.39 is 4.92 Å². The first-order chi connectivity index (χ1) is 9.65. The first-order valence-electron chi connectivity index (χ1n) is 6.69. The highest BCUT2D eigenvalue weighted by Gasteiger charge is 2.27. The van der Waals surface area contributed by atoms with E-state index in [2.05, 4.69) is 12.2 Å². The number of rotatable bonds is 5. The number of hydrogen-bond acceptors (Lipinski definition) is 5. The molecule has 2 unspecified atom stereocenters. The number of benzene rings is 1. The van der Waals surface area contributed by atoms with Gasteiger partial charge in [0.1, 0.15) is 5.69 Å². The molecular weight excluding hydrogens is 258 g/mol. The molecule has 1 fully saturated rings. The van der Waals surface area contributed by atoms with Crippen molar-refractivity contribution in [2.24, 2.45) is 5.92 Å². The molecule has 2 atom stereocenters. The standard InChI is InChI=1S/C14H17N3O3/c1-2-14-11(5-6-20-14)9-16-12-4-3-10(8-15)7-13(12)17(18)19/h3-4,7,11,14,16H,2,5-6,9H2,1H3. The normalized spacial score (nSPS) is 21.4. The van der Waals surface area contributed by atoms with Crippen molar-refractivity contribution in [1.29, 1.82) is 5.26 Å². The van der Waals surface area contributed by atoms with Crippen molar-refractivity contribution in [2.45, 2.75) is 25.9 Å². The van der Waals surface area contributed by atoms with Crippen LogP contribution in [0.3, 0.4) is 0 Å². The molecule has 1 aromatic carbocycles. The molecule has 0 aliphatic carbocycles. The molecule has 0 amide bonds. The fraction of sp³-hybridized carbons (Fsp3) is 0.500. The third-order valence-electron chi connectivity index (χ3n) is 3.63. The predicted molar refractivity (Wildman–Crippen MR) is 74.4 cm³/mol. The van der Waals surface area contributed by atoms with Crippen LogP contribution < -0.4 is 5.32 Å². The van der Waals surface area contributed by atoms with Crippen molar-refractivity contribution in [3.8, 4) is 6.07 Å². The van der Waals surface area contributed by atoms with Crippen molar-refractivity contribution in [1.82, 2.24) is 0 Å². The van der Waals surface area contributed by atoms with Gasteiger partial charge in [-0.25, -0.2) is 0 Å². The molecular formula is C14H17N3O3. The molecule has 0 aromatic heterocycles. The van der Waals surface area contributed by atoms with E-state index in [9.17, 15) is 10.1 Å². The van der Waals surface area contributed by atoms with Gasteiger partial charge in [0, 0.05) is 25.1 Å². The molecule has 0 saturated carbocycles. The molecule has 1 saturated heterocycles. The number of nitro benzene ring substituents is 1. The van der Waals surface area contributed by atoms with Gasteiger partial charge >= 0.3 is 0 Å². The van der Waals surface area contributed by atoms with Crippen LogP contribution in [-0.2, 0) is 4.74 Å². The summed E-state index contributed by atoms with van der Waals surface area (Å²) in [6.45, 7) is 3.47. The Hall–Kier alpha value is -2.13. The Morgan fingerprint density at radius 3 is 3.05 bits per heavy atom. The SMILES string of the molecule is CCC1OCCC1CNc1ccc(C#N)cc1[N+](=O)[O-]. The van der Waals surface area contributed by atoms with Gasteiger partial charge in [-0.3, -0.25) is 10.1 Å². The molecule has 1 aromatic rings. The van der Waals surface area contributed by atoms with Gasteiger partial charge in [0.2, 0.25) is 0 Å². The van der Waals surface area contributed by atoms with Crippen LogP contribution >= 0.6 is 0 Å². The number of nitrogens with one attached hydrogen (secondary N) is 1. The van der Waals surface area contributed by atoms with E-state index in [1.165, 1.54) is 6.07 Å². The van der Waals surface area contributed by atoms with E-state index >= 15 is 0 Å². The molecule has 0 radical (unpaired) electrons. The summed E-state index contributed by atoms with van der Waals surface area (Å²) >= 11 is 0. The molecule has 20 heavy (non-hydrogen) atoms. The van der Waals surface area contributed by atoms with E-state index in [1.807, 2.05) is 6.07 Å². The largest absolute Gasteiger partial charge is 0.379 e. The molecule has 6 heteroatoms. The Morgan fingerprint density at radius 1 is 1.60 bits per heavy atom. The van der Waals surface area contributed by atoms with Crippen LogP contribution in [0.25, 0.3) is 0 Å². The lowest BCUT2D eigenvalue weighted by molar-refractivity contribution is -0.384. The summed E-state index contributed by atoms with van der Waals surface area (Å²) in [7, 11) is 0. The minimum atomic E-state index is -0.467. The third-order valence-corrected chi connectivity index (χ3v) is 3.63. The average molecular weight is 275 g/mol. The summed E-state index contributed by atoms with van der Waals surface area (Å²) < 4.78 is 5.60. The minimum Gasteiger partial charge on any atom is -0.379 e. The van der Waals surface area contributed by atoms with Crippen molar-refractivity contribution >= 4 is 11.4 Å². The van der Waals surface area contributed by atoms with Gasteiger partial charge in [-0.05, 0) is 25.0 Å². The second-order valence-electron chi connectivity index (χ2n) is 4.85. The van der Waals surface area contributed by atoms with Crippen LogP contribution in [0.2, 0.25) is 0 Å². The van der Waals surface area contributed by atoms with E-state index in [0.29, 0.717) is 18.2 Å². The number of nitrogens with zero attached hydrogens (tertiary/aromatic N) is 2. The molecule has 1 heterocycles. The first-order valence-corrected chi connectivity index (χ1v) is 6.69. The lowest BCUT2D eigenvalue weighted by atomic mass is 9.99. The van der Waals surface area contributed by atoms with E-state index in [0.717, 1.165) is 19.4 Å². The van der Waals surface area contributed by atoms with Gasteiger partial charge in [0.05, 0.1) is 22.7 Å². The Morgan fingerprint density at radius 2 is 2.40 bits per heavy atom. The van der Waals surface area contributed by atoms with Crippen LogP contribution in [0.4, 0.5) is 11.4 Å². The fourth-order valence-electron chi connectivity index (χ4n) is 2.52. The first kappa shape index (κ1) is 14.3. The van der Waals surface area contributed by atoms with Gasteiger partial charge in [-0.1, -0.05) is 6.92 Å².